The molecule has 1 heterocycles. The smallest absolute Gasteiger partial charge is 0.248 e. The first-order chi connectivity index (χ1) is 16.1. The number of aryl methyl sites for hydroxylation is 1. The summed E-state index contributed by atoms with van der Waals surface area (Å²) < 4.78 is 27.4. The number of primary amides is 1. The maximum absolute atomic E-state index is 12.4. The highest BCUT2D eigenvalue weighted by atomic mass is 32.2. The van der Waals surface area contributed by atoms with Gasteiger partial charge in [-0.3, -0.25) is 4.79 Å². The van der Waals surface area contributed by atoms with Gasteiger partial charge in [0, 0.05) is 36.5 Å². The SMILES string of the molecule is CC(C)(NCCCc1ncc[nH]1)c1ccc(CCNS(=O)(=O)Cc2ccc(C(N)=O)cc2)cc1. The molecule has 0 saturated carbocycles. The highest BCUT2D eigenvalue weighted by molar-refractivity contribution is 7.88. The van der Waals surface area contributed by atoms with Crippen molar-refractivity contribution in [1.29, 1.82) is 0 Å². The average molecular weight is 484 g/mol. The van der Waals surface area contributed by atoms with Crippen LogP contribution in [0.3, 0.4) is 0 Å². The minimum absolute atomic E-state index is 0.148. The summed E-state index contributed by atoms with van der Waals surface area (Å²) in [5.41, 5.74) is 8.23. The van der Waals surface area contributed by atoms with Crippen molar-refractivity contribution in [1.82, 2.24) is 20.0 Å². The fourth-order valence-electron chi connectivity index (χ4n) is 3.67. The third kappa shape index (κ3) is 7.79. The maximum Gasteiger partial charge on any atom is 0.248 e. The molecule has 0 aliphatic heterocycles. The Bertz CT molecular complexity index is 1160. The monoisotopic (exact) mass is 483 g/mol. The molecule has 0 spiro atoms. The van der Waals surface area contributed by atoms with Gasteiger partial charge in [-0.15, -0.1) is 0 Å². The van der Waals surface area contributed by atoms with Crippen molar-refractivity contribution in [2.24, 2.45) is 5.73 Å². The van der Waals surface area contributed by atoms with E-state index in [1.165, 1.54) is 17.7 Å². The largest absolute Gasteiger partial charge is 0.366 e. The Hall–Kier alpha value is -3.01. The number of hydrogen-bond donors (Lipinski definition) is 4. The van der Waals surface area contributed by atoms with Crippen molar-refractivity contribution in [3.05, 3.63) is 89.0 Å². The van der Waals surface area contributed by atoms with Crippen LogP contribution in [0, 0.1) is 0 Å². The molecule has 0 aliphatic carbocycles. The molecule has 3 aromatic rings. The Kier molecular flexibility index (Phi) is 8.60. The molecule has 0 saturated heterocycles. The zero-order valence-electron chi connectivity index (χ0n) is 19.7. The van der Waals surface area contributed by atoms with Crippen LogP contribution in [0.1, 0.15) is 53.1 Å². The highest BCUT2D eigenvalue weighted by Crippen LogP contribution is 2.20. The summed E-state index contributed by atoms with van der Waals surface area (Å²) in [5, 5.41) is 3.59. The lowest BCUT2D eigenvalue weighted by molar-refractivity contribution is 0.100. The number of nitrogens with zero attached hydrogens (tertiary/aromatic N) is 1. The number of aromatic nitrogens is 2. The fourth-order valence-corrected chi connectivity index (χ4v) is 4.81. The zero-order chi connectivity index (χ0) is 24.6. The topological polar surface area (TPSA) is 130 Å². The Morgan fingerprint density at radius 2 is 1.68 bits per heavy atom. The number of carbonyl (C=O) groups is 1. The summed E-state index contributed by atoms with van der Waals surface area (Å²) in [4.78, 5) is 18.5. The van der Waals surface area contributed by atoms with Gasteiger partial charge in [0.2, 0.25) is 15.9 Å². The molecule has 1 amide bonds. The van der Waals surface area contributed by atoms with Gasteiger partial charge in [-0.05, 0) is 62.1 Å². The first-order valence-electron chi connectivity index (χ1n) is 11.3. The van der Waals surface area contributed by atoms with Crippen LogP contribution in [0.15, 0.2) is 60.9 Å². The third-order valence-electron chi connectivity index (χ3n) is 5.72. The zero-order valence-corrected chi connectivity index (χ0v) is 20.5. The Morgan fingerprint density at radius 1 is 1.00 bits per heavy atom. The number of nitrogens with one attached hydrogen (secondary N) is 3. The molecule has 5 N–H and O–H groups in total. The molecule has 0 atom stereocenters. The van der Waals surface area contributed by atoms with E-state index in [2.05, 4.69) is 46.0 Å². The number of benzene rings is 2. The maximum atomic E-state index is 12.4. The second-order valence-electron chi connectivity index (χ2n) is 8.85. The van der Waals surface area contributed by atoms with Crippen LogP contribution in [0.5, 0.6) is 0 Å². The van der Waals surface area contributed by atoms with Crippen LogP contribution in [0.4, 0.5) is 0 Å². The van der Waals surface area contributed by atoms with Crippen molar-refractivity contribution < 1.29 is 13.2 Å². The quantitative estimate of drug-likeness (QED) is 0.278. The number of hydrogen-bond acceptors (Lipinski definition) is 5. The molecule has 0 radical (unpaired) electrons. The van der Waals surface area contributed by atoms with E-state index in [9.17, 15) is 13.2 Å². The van der Waals surface area contributed by atoms with Gasteiger partial charge in [-0.25, -0.2) is 18.1 Å². The van der Waals surface area contributed by atoms with Gasteiger partial charge in [0.05, 0.1) is 5.75 Å². The minimum Gasteiger partial charge on any atom is -0.366 e. The number of amides is 1. The molecule has 9 heteroatoms. The molecular formula is C25H33N5O3S. The molecule has 0 bridgehead atoms. The average Bonchev–Trinajstić information content (AvgIpc) is 3.31. The molecule has 0 aliphatic rings. The standard InChI is InChI=1S/C25H33N5O3S/c1-25(2,29-14-3-4-23-27-16-17-28-23)22-11-7-19(8-12-22)13-15-30-34(32,33)18-20-5-9-21(10-6-20)24(26)31/h5-12,16-17,29-30H,3-4,13-15,18H2,1-2H3,(H2,26,31)(H,27,28). The van der Waals surface area contributed by atoms with Gasteiger partial charge >= 0.3 is 0 Å². The number of sulfonamides is 1. The number of carbonyl (C=O) groups excluding carboxylic acids is 1. The molecule has 2 aromatic carbocycles. The Labute approximate surface area is 201 Å². The lowest BCUT2D eigenvalue weighted by Gasteiger charge is -2.27. The highest BCUT2D eigenvalue weighted by Gasteiger charge is 2.19. The number of H-pyrrole nitrogens is 1. The van der Waals surface area contributed by atoms with Crippen LogP contribution in [0.2, 0.25) is 0 Å². The van der Waals surface area contributed by atoms with E-state index in [1.54, 1.807) is 18.3 Å². The molecule has 34 heavy (non-hydrogen) atoms. The normalized spacial score (nSPS) is 12.1. The third-order valence-corrected chi connectivity index (χ3v) is 7.08. The van der Waals surface area contributed by atoms with E-state index < -0.39 is 15.9 Å². The van der Waals surface area contributed by atoms with E-state index in [0.717, 1.165) is 30.8 Å². The van der Waals surface area contributed by atoms with Gasteiger partial charge in [0.15, 0.2) is 0 Å². The second kappa shape index (κ2) is 11.4. The van der Waals surface area contributed by atoms with Crippen molar-refractivity contribution in [3.63, 3.8) is 0 Å². The van der Waals surface area contributed by atoms with Gasteiger partial charge in [0.1, 0.15) is 5.82 Å². The van der Waals surface area contributed by atoms with Crippen LogP contribution < -0.4 is 15.8 Å². The van der Waals surface area contributed by atoms with E-state index in [4.69, 9.17) is 5.73 Å². The summed E-state index contributed by atoms with van der Waals surface area (Å²) >= 11 is 0. The summed E-state index contributed by atoms with van der Waals surface area (Å²) in [6, 6.07) is 14.5. The van der Waals surface area contributed by atoms with E-state index >= 15 is 0 Å². The lowest BCUT2D eigenvalue weighted by atomic mass is 9.93. The number of aromatic amines is 1. The van der Waals surface area contributed by atoms with Crippen LogP contribution >= 0.6 is 0 Å². The Balaban J connectivity index is 1.43. The predicted molar refractivity (Wildman–Crippen MR) is 134 cm³/mol. The van der Waals surface area contributed by atoms with Crippen molar-refractivity contribution in [2.45, 2.75) is 44.4 Å². The first kappa shape index (κ1) is 25.6. The van der Waals surface area contributed by atoms with E-state index in [1.807, 2.05) is 18.3 Å². The van der Waals surface area contributed by atoms with Gasteiger partial charge < -0.3 is 16.0 Å². The minimum atomic E-state index is -3.48. The first-order valence-corrected chi connectivity index (χ1v) is 13.0. The van der Waals surface area contributed by atoms with Crippen molar-refractivity contribution in [2.75, 3.05) is 13.1 Å². The second-order valence-corrected chi connectivity index (χ2v) is 10.7. The summed E-state index contributed by atoms with van der Waals surface area (Å²) in [6.45, 7) is 5.50. The molecule has 1 aromatic heterocycles. The van der Waals surface area contributed by atoms with Gasteiger partial charge in [-0.1, -0.05) is 36.4 Å². The predicted octanol–water partition coefficient (Wildman–Crippen LogP) is 2.63. The van der Waals surface area contributed by atoms with Gasteiger partial charge in [0.25, 0.3) is 0 Å². The van der Waals surface area contributed by atoms with E-state index in [-0.39, 0.29) is 11.3 Å². The number of rotatable bonds is 13. The van der Waals surface area contributed by atoms with Crippen molar-refractivity contribution in [3.8, 4) is 0 Å². The molecular weight excluding hydrogens is 450 g/mol. The summed E-state index contributed by atoms with van der Waals surface area (Å²) in [7, 11) is -3.48. The summed E-state index contributed by atoms with van der Waals surface area (Å²) in [6.07, 6.45) is 6.10. The summed E-state index contributed by atoms with van der Waals surface area (Å²) in [5.74, 6) is 0.313. The van der Waals surface area contributed by atoms with E-state index in [0.29, 0.717) is 24.1 Å². The number of imidazole rings is 1. The molecule has 0 unspecified atom stereocenters. The molecule has 8 nitrogen and oxygen atoms in total. The number of nitrogens with two attached hydrogens (primary N) is 1. The lowest BCUT2D eigenvalue weighted by Crippen LogP contribution is -2.37. The van der Waals surface area contributed by atoms with Crippen LogP contribution in [0.25, 0.3) is 0 Å². The van der Waals surface area contributed by atoms with Crippen molar-refractivity contribution >= 4 is 15.9 Å². The molecule has 0 fully saturated rings. The molecule has 3 rings (SSSR count). The fraction of sp³-hybridized carbons (Fsp3) is 0.360. The molecule has 182 valence electrons. The van der Waals surface area contributed by atoms with Gasteiger partial charge in [-0.2, -0.15) is 0 Å². The van der Waals surface area contributed by atoms with Crippen LogP contribution in [-0.4, -0.2) is 37.4 Å². The van der Waals surface area contributed by atoms with Crippen LogP contribution in [-0.2, 0) is 34.2 Å². The Morgan fingerprint density at radius 3 is 2.29 bits per heavy atom.